The second-order valence-electron chi connectivity index (χ2n) is 7.78. The van der Waals surface area contributed by atoms with Crippen LogP contribution < -0.4 is 4.90 Å². The summed E-state index contributed by atoms with van der Waals surface area (Å²) in [6.45, 7) is 1.69. The smallest absolute Gasteiger partial charge is 0.326 e. The van der Waals surface area contributed by atoms with E-state index in [2.05, 4.69) is 4.90 Å². The van der Waals surface area contributed by atoms with E-state index in [1.165, 1.54) is 0 Å². The molecular weight excluding hydrogens is 386 g/mol. The molecule has 0 unspecified atom stereocenters. The SMILES string of the molecule is O=C(CN1C(=O)[C@@H]2CC=CC[C@H]2C1=O)OCC(=O)N1CCN(c2ccccc2)CC1. The topological polar surface area (TPSA) is 87.2 Å². The van der Waals surface area contributed by atoms with Crippen LogP contribution in [0.5, 0.6) is 0 Å². The number of ether oxygens (including phenoxy) is 1. The Morgan fingerprint density at radius 1 is 0.900 bits per heavy atom. The number of amides is 3. The third kappa shape index (κ3) is 4.08. The molecular formula is C22H25N3O5. The van der Waals surface area contributed by atoms with Crippen LogP contribution in [0.25, 0.3) is 0 Å². The van der Waals surface area contributed by atoms with Gasteiger partial charge in [-0.25, -0.2) is 0 Å². The molecule has 8 heteroatoms. The molecule has 1 aromatic carbocycles. The monoisotopic (exact) mass is 411 g/mol. The van der Waals surface area contributed by atoms with E-state index in [1.54, 1.807) is 4.90 Å². The van der Waals surface area contributed by atoms with Crippen LogP contribution in [0.3, 0.4) is 0 Å². The van der Waals surface area contributed by atoms with E-state index < -0.39 is 12.5 Å². The van der Waals surface area contributed by atoms with E-state index in [4.69, 9.17) is 4.74 Å². The van der Waals surface area contributed by atoms with E-state index >= 15 is 0 Å². The van der Waals surface area contributed by atoms with Crippen LogP contribution in [0.2, 0.25) is 0 Å². The number of nitrogens with zero attached hydrogens (tertiary/aromatic N) is 3. The molecule has 4 rings (SSSR count). The third-order valence-electron chi connectivity index (χ3n) is 6.00. The van der Waals surface area contributed by atoms with Crippen molar-refractivity contribution >= 4 is 29.4 Å². The predicted octanol–water partition coefficient (Wildman–Crippen LogP) is 0.830. The fourth-order valence-corrected chi connectivity index (χ4v) is 4.29. The Kier molecular flexibility index (Phi) is 5.83. The number of likely N-dealkylation sites (tertiary alicyclic amines) is 1. The molecule has 2 fully saturated rings. The maximum absolute atomic E-state index is 12.4. The van der Waals surface area contributed by atoms with Crippen LogP contribution in [0.4, 0.5) is 5.69 Å². The normalized spacial score (nSPS) is 23.5. The summed E-state index contributed by atoms with van der Waals surface area (Å²) < 4.78 is 5.08. The second-order valence-corrected chi connectivity index (χ2v) is 7.78. The number of rotatable bonds is 5. The molecule has 0 bridgehead atoms. The number of hydrogen-bond donors (Lipinski definition) is 0. The Morgan fingerprint density at radius 3 is 2.10 bits per heavy atom. The van der Waals surface area contributed by atoms with Gasteiger partial charge in [-0.1, -0.05) is 30.4 Å². The molecule has 2 saturated heterocycles. The van der Waals surface area contributed by atoms with Crippen molar-refractivity contribution in [2.45, 2.75) is 12.8 Å². The van der Waals surface area contributed by atoms with E-state index in [-0.39, 0.29) is 36.2 Å². The van der Waals surface area contributed by atoms with Gasteiger partial charge in [0.25, 0.3) is 5.91 Å². The first-order chi connectivity index (χ1) is 14.5. The number of fused-ring (bicyclic) bond motifs is 1. The van der Waals surface area contributed by atoms with Gasteiger partial charge in [-0.15, -0.1) is 0 Å². The molecule has 3 aliphatic rings. The average molecular weight is 411 g/mol. The summed E-state index contributed by atoms with van der Waals surface area (Å²) in [6.07, 6.45) is 4.83. The van der Waals surface area contributed by atoms with E-state index in [9.17, 15) is 19.2 Å². The minimum Gasteiger partial charge on any atom is -0.454 e. The number of anilines is 1. The molecule has 8 nitrogen and oxygen atoms in total. The fourth-order valence-electron chi connectivity index (χ4n) is 4.29. The van der Waals surface area contributed by atoms with Crippen molar-refractivity contribution in [3.63, 3.8) is 0 Å². The Morgan fingerprint density at radius 2 is 1.50 bits per heavy atom. The van der Waals surface area contributed by atoms with Gasteiger partial charge in [-0.3, -0.25) is 24.1 Å². The van der Waals surface area contributed by atoms with Gasteiger partial charge in [0.15, 0.2) is 6.61 Å². The number of carbonyl (C=O) groups excluding carboxylic acids is 4. The highest BCUT2D eigenvalue weighted by Crippen LogP contribution is 2.34. The lowest BCUT2D eigenvalue weighted by Gasteiger charge is -2.36. The zero-order chi connectivity index (χ0) is 21.1. The number of benzene rings is 1. The van der Waals surface area contributed by atoms with Gasteiger partial charge >= 0.3 is 5.97 Å². The van der Waals surface area contributed by atoms with Crippen molar-refractivity contribution in [2.75, 3.05) is 44.2 Å². The van der Waals surface area contributed by atoms with E-state index in [1.807, 2.05) is 42.5 Å². The van der Waals surface area contributed by atoms with Gasteiger partial charge in [0.2, 0.25) is 11.8 Å². The molecule has 3 amide bonds. The summed E-state index contributed by atoms with van der Waals surface area (Å²) in [5.41, 5.74) is 1.12. The Labute approximate surface area is 175 Å². The Balaban J connectivity index is 1.22. The number of para-hydroxylation sites is 1. The molecule has 0 aromatic heterocycles. The highest BCUT2D eigenvalue weighted by molar-refractivity contribution is 6.07. The predicted molar refractivity (Wildman–Crippen MR) is 108 cm³/mol. The van der Waals surface area contributed by atoms with Crippen LogP contribution in [-0.2, 0) is 23.9 Å². The summed E-state index contributed by atoms with van der Waals surface area (Å²) in [7, 11) is 0. The summed E-state index contributed by atoms with van der Waals surface area (Å²) in [5, 5.41) is 0. The first-order valence-electron chi connectivity index (χ1n) is 10.3. The number of hydrogen-bond acceptors (Lipinski definition) is 6. The summed E-state index contributed by atoms with van der Waals surface area (Å²) in [6, 6.07) is 9.99. The highest BCUT2D eigenvalue weighted by atomic mass is 16.5. The van der Waals surface area contributed by atoms with Gasteiger partial charge in [0.1, 0.15) is 6.54 Å². The van der Waals surface area contributed by atoms with Crippen molar-refractivity contribution < 1.29 is 23.9 Å². The minimum atomic E-state index is -0.737. The van der Waals surface area contributed by atoms with Crippen molar-refractivity contribution in [2.24, 2.45) is 11.8 Å². The number of esters is 1. The molecule has 2 heterocycles. The molecule has 158 valence electrons. The summed E-state index contributed by atoms with van der Waals surface area (Å²) in [5.74, 6) is -2.41. The van der Waals surface area contributed by atoms with Crippen molar-refractivity contribution in [3.8, 4) is 0 Å². The second kappa shape index (κ2) is 8.69. The number of carbonyl (C=O) groups is 4. The number of allylic oxidation sites excluding steroid dienone is 2. The fraction of sp³-hybridized carbons (Fsp3) is 0.455. The lowest BCUT2D eigenvalue weighted by Crippen LogP contribution is -2.50. The third-order valence-corrected chi connectivity index (χ3v) is 6.00. The van der Waals surface area contributed by atoms with Crippen molar-refractivity contribution in [1.82, 2.24) is 9.80 Å². The minimum absolute atomic E-state index is 0.270. The quantitative estimate of drug-likeness (QED) is 0.405. The molecule has 0 spiro atoms. The van der Waals surface area contributed by atoms with Gasteiger partial charge in [-0.05, 0) is 25.0 Å². The molecule has 1 aromatic rings. The Bertz CT molecular complexity index is 835. The van der Waals surface area contributed by atoms with Gasteiger partial charge in [-0.2, -0.15) is 0 Å². The highest BCUT2D eigenvalue weighted by Gasteiger charge is 2.47. The van der Waals surface area contributed by atoms with Crippen LogP contribution >= 0.6 is 0 Å². The van der Waals surface area contributed by atoms with Crippen LogP contribution in [0, 0.1) is 11.8 Å². The van der Waals surface area contributed by atoms with Crippen LogP contribution in [0.1, 0.15) is 12.8 Å². The molecule has 0 saturated carbocycles. The average Bonchev–Trinajstić information content (AvgIpc) is 3.03. The van der Waals surface area contributed by atoms with Crippen LogP contribution in [0.15, 0.2) is 42.5 Å². The zero-order valence-electron chi connectivity index (χ0n) is 16.7. The zero-order valence-corrected chi connectivity index (χ0v) is 16.7. The van der Waals surface area contributed by atoms with Crippen molar-refractivity contribution in [3.05, 3.63) is 42.5 Å². The van der Waals surface area contributed by atoms with Gasteiger partial charge in [0.05, 0.1) is 11.8 Å². The first kappa shape index (κ1) is 20.1. The molecule has 30 heavy (non-hydrogen) atoms. The Hall–Kier alpha value is -3.16. The number of piperazine rings is 1. The maximum atomic E-state index is 12.4. The molecule has 1 aliphatic carbocycles. The van der Waals surface area contributed by atoms with E-state index in [0.29, 0.717) is 39.0 Å². The molecule has 2 aliphatic heterocycles. The van der Waals surface area contributed by atoms with Gasteiger partial charge in [0, 0.05) is 31.9 Å². The van der Waals surface area contributed by atoms with Gasteiger partial charge < -0.3 is 14.5 Å². The lowest BCUT2D eigenvalue weighted by molar-refractivity contribution is -0.156. The lowest BCUT2D eigenvalue weighted by atomic mass is 9.85. The molecule has 0 radical (unpaired) electrons. The molecule has 0 N–H and O–H groups in total. The number of imide groups is 1. The van der Waals surface area contributed by atoms with Crippen molar-refractivity contribution in [1.29, 1.82) is 0 Å². The summed E-state index contributed by atoms with van der Waals surface area (Å²) >= 11 is 0. The summed E-state index contributed by atoms with van der Waals surface area (Å²) in [4.78, 5) is 54.2. The largest absolute Gasteiger partial charge is 0.454 e. The van der Waals surface area contributed by atoms with Crippen LogP contribution in [-0.4, -0.2) is 72.8 Å². The molecule has 2 atom stereocenters. The standard InChI is InChI=1S/C22H25N3O5/c26-19(24-12-10-23(11-13-24)16-6-2-1-3-7-16)15-30-20(27)14-25-21(28)17-8-4-5-9-18(17)22(25)29/h1-7,17-18H,8-15H2/t17-,18-/m1/s1. The van der Waals surface area contributed by atoms with E-state index in [0.717, 1.165) is 10.6 Å². The maximum Gasteiger partial charge on any atom is 0.326 e. The first-order valence-corrected chi connectivity index (χ1v) is 10.3.